The van der Waals surface area contributed by atoms with Gasteiger partial charge in [0.05, 0.1) is 6.20 Å². The number of nitrogens with two attached hydrogens (primary N) is 1. The average Bonchev–Trinajstić information content (AvgIpc) is 2.82. The van der Waals surface area contributed by atoms with Crippen LogP contribution in [0.3, 0.4) is 0 Å². The molecular weight excluding hydrogens is 245 g/mol. The molecule has 6 heteroatoms. The minimum atomic E-state index is -0.302. The predicted octanol–water partition coefficient (Wildman–Crippen LogP) is 1.43. The van der Waals surface area contributed by atoms with Gasteiger partial charge in [-0.05, 0) is 43.9 Å². The predicted molar refractivity (Wildman–Crippen MR) is 71.6 cm³/mol. The van der Waals surface area contributed by atoms with Gasteiger partial charge in [0, 0.05) is 13.1 Å². The summed E-state index contributed by atoms with van der Waals surface area (Å²) < 4.78 is 14.6. The van der Waals surface area contributed by atoms with Gasteiger partial charge in [-0.25, -0.2) is 8.91 Å². The first-order valence-electron chi connectivity index (χ1n) is 6.73. The van der Waals surface area contributed by atoms with E-state index < -0.39 is 0 Å². The molecule has 102 valence electrons. The first kappa shape index (κ1) is 12.3. The summed E-state index contributed by atoms with van der Waals surface area (Å²) in [5.41, 5.74) is 6.30. The molecule has 19 heavy (non-hydrogen) atoms. The fourth-order valence-corrected chi connectivity index (χ4v) is 2.70. The zero-order valence-corrected chi connectivity index (χ0v) is 10.8. The van der Waals surface area contributed by atoms with E-state index in [1.165, 1.54) is 23.2 Å². The monoisotopic (exact) mass is 263 g/mol. The second kappa shape index (κ2) is 5.13. The molecule has 1 aliphatic heterocycles. The van der Waals surface area contributed by atoms with Crippen molar-refractivity contribution in [2.45, 2.75) is 19.3 Å². The molecule has 1 aliphatic rings. The van der Waals surface area contributed by atoms with Gasteiger partial charge >= 0.3 is 0 Å². The van der Waals surface area contributed by atoms with Crippen LogP contribution in [0.5, 0.6) is 0 Å². The fourth-order valence-electron chi connectivity index (χ4n) is 2.70. The summed E-state index contributed by atoms with van der Waals surface area (Å²) in [4.78, 5) is 6.63. The van der Waals surface area contributed by atoms with Crippen LogP contribution in [0.25, 0.3) is 5.65 Å². The highest BCUT2D eigenvalue weighted by Crippen LogP contribution is 2.22. The van der Waals surface area contributed by atoms with Gasteiger partial charge in [0.15, 0.2) is 5.65 Å². The van der Waals surface area contributed by atoms with Gasteiger partial charge in [-0.15, -0.1) is 5.10 Å². The Kier molecular flexibility index (Phi) is 3.33. The Labute approximate surface area is 111 Å². The van der Waals surface area contributed by atoms with Gasteiger partial charge in [0.2, 0.25) is 5.95 Å². The van der Waals surface area contributed by atoms with Gasteiger partial charge in [-0.2, -0.15) is 4.98 Å². The van der Waals surface area contributed by atoms with E-state index in [1.807, 2.05) is 0 Å². The third-order valence-electron chi connectivity index (χ3n) is 3.66. The normalized spacial score (nSPS) is 20.1. The number of rotatable bonds is 3. The number of halogens is 1. The molecule has 1 fully saturated rings. The molecule has 0 spiro atoms. The summed E-state index contributed by atoms with van der Waals surface area (Å²) in [6, 6.07) is 3.05. The molecule has 2 N–H and O–H groups in total. The molecule has 3 heterocycles. The Hall–Kier alpha value is -1.69. The minimum Gasteiger partial charge on any atom is -0.339 e. The van der Waals surface area contributed by atoms with Crippen molar-refractivity contribution >= 4 is 11.6 Å². The summed E-state index contributed by atoms with van der Waals surface area (Å²) in [5.74, 6) is 0.998. The van der Waals surface area contributed by atoms with Crippen molar-refractivity contribution in [1.29, 1.82) is 0 Å². The van der Waals surface area contributed by atoms with E-state index in [4.69, 9.17) is 5.73 Å². The van der Waals surface area contributed by atoms with Crippen LogP contribution in [-0.2, 0) is 0 Å². The summed E-state index contributed by atoms with van der Waals surface area (Å²) in [7, 11) is 0. The quantitative estimate of drug-likeness (QED) is 0.910. The van der Waals surface area contributed by atoms with E-state index in [0.29, 0.717) is 17.5 Å². The van der Waals surface area contributed by atoms with Crippen LogP contribution >= 0.6 is 0 Å². The number of hydrogen-bond acceptors (Lipinski definition) is 4. The molecule has 5 nitrogen and oxygen atoms in total. The number of anilines is 1. The number of fused-ring (bicyclic) bond motifs is 1. The van der Waals surface area contributed by atoms with Crippen molar-refractivity contribution in [3.8, 4) is 0 Å². The molecule has 2 aromatic heterocycles. The summed E-state index contributed by atoms with van der Waals surface area (Å²) in [6.07, 6.45) is 4.75. The van der Waals surface area contributed by atoms with Crippen molar-refractivity contribution in [3.05, 3.63) is 24.1 Å². The maximum Gasteiger partial charge on any atom is 0.245 e. The van der Waals surface area contributed by atoms with Gasteiger partial charge in [0.25, 0.3) is 0 Å². The standard InChI is InChI=1S/C13H18FN5/c14-11-3-4-12-16-13(17-19(12)9-11)18-7-1-2-10(8-18)5-6-15/h3-4,9-10H,1-2,5-8,15H2. The van der Waals surface area contributed by atoms with Crippen LogP contribution in [0.2, 0.25) is 0 Å². The van der Waals surface area contributed by atoms with E-state index in [1.54, 1.807) is 6.07 Å². The van der Waals surface area contributed by atoms with Crippen LogP contribution < -0.4 is 10.6 Å². The second-order valence-electron chi connectivity index (χ2n) is 5.09. The van der Waals surface area contributed by atoms with Crippen molar-refractivity contribution < 1.29 is 4.39 Å². The van der Waals surface area contributed by atoms with Crippen LogP contribution in [0.1, 0.15) is 19.3 Å². The Morgan fingerprint density at radius 1 is 1.42 bits per heavy atom. The van der Waals surface area contributed by atoms with Gasteiger partial charge < -0.3 is 10.6 Å². The highest BCUT2D eigenvalue weighted by Gasteiger charge is 2.22. The lowest BCUT2D eigenvalue weighted by Crippen LogP contribution is -2.36. The third kappa shape index (κ3) is 2.53. The molecule has 1 unspecified atom stereocenters. The molecule has 0 amide bonds. The first-order chi connectivity index (χ1) is 9.26. The number of pyridine rings is 1. The Bertz CT molecular complexity index is 565. The van der Waals surface area contributed by atoms with Gasteiger partial charge in [0.1, 0.15) is 5.82 Å². The first-order valence-corrected chi connectivity index (χ1v) is 6.73. The number of piperidine rings is 1. The van der Waals surface area contributed by atoms with Crippen molar-refractivity contribution in [2.24, 2.45) is 11.7 Å². The van der Waals surface area contributed by atoms with E-state index >= 15 is 0 Å². The molecule has 0 bridgehead atoms. The molecule has 2 aromatic rings. The fraction of sp³-hybridized carbons (Fsp3) is 0.538. The lowest BCUT2D eigenvalue weighted by Gasteiger charge is -2.31. The maximum atomic E-state index is 13.1. The molecule has 0 radical (unpaired) electrons. The zero-order chi connectivity index (χ0) is 13.2. The maximum absolute atomic E-state index is 13.1. The number of hydrogen-bond donors (Lipinski definition) is 1. The van der Waals surface area contributed by atoms with Crippen LogP contribution in [0, 0.1) is 11.7 Å². The largest absolute Gasteiger partial charge is 0.339 e. The summed E-state index contributed by atoms with van der Waals surface area (Å²) in [6.45, 7) is 2.62. The summed E-state index contributed by atoms with van der Waals surface area (Å²) in [5, 5.41) is 4.35. The van der Waals surface area contributed by atoms with Crippen LogP contribution in [-0.4, -0.2) is 34.2 Å². The minimum absolute atomic E-state index is 0.302. The Morgan fingerprint density at radius 3 is 3.16 bits per heavy atom. The molecule has 0 saturated carbocycles. The van der Waals surface area contributed by atoms with Gasteiger partial charge in [-0.1, -0.05) is 0 Å². The SMILES string of the molecule is NCCC1CCCN(c2nc3ccc(F)cn3n2)C1. The molecule has 1 saturated heterocycles. The van der Waals surface area contributed by atoms with E-state index in [-0.39, 0.29) is 5.82 Å². The molecule has 0 aliphatic carbocycles. The summed E-state index contributed by atoms with van der Waals surface area (Å²) >= 11 is 0. The number of aromatic nitrogens is 3. The highest BCUT2D eigenvalue weighted by atomic mass is 19.1. The van der Waals surface area contributed by atoms with E-state index in [9.17, 15) is 4.39 Å². The Balaban J connectivity index is 1.83. The third-order valence-corrected chi connectivity index (χ3v) is 3.66. The molecule has 0 aromatic carbocycles. The van der Waals surface area contributed by atoms with Crippen molar-refractivity contribution in [1.82, 2.24) is 14.6 Å². The smallest absolute Gasteiger partial charge is 0.245 e. The average molecular weight is 263 g/mol. The van der Waals surface area contributed by atoms with E-state index in [2.05, 4.69) is 15.0 Å². The molecular formula is C13H18FN5. The molecule has 1 atom stereocenters. The van der Waals surface area contributed by atoms with Gasteiger partial charge in [-0.3, -0.25) is 0 Å². The van der Waals surface area contributed by atoms with Crippen LogP contribution in [0.15, 0.2) is 18.3 Å². The van der Waals surface area contributed by atoms with Crippen LogP contribution in [0.4, 0.5) is 10.3 Å². The molecule has 3 rings (SSSR count). The Morgan fingerprint density at radius 2 is 2.32 bits per heavy atom. The van der Waals surface area contributed by atoms with E-state index in [0.717, 1.165) is 32.5 Å². The van der Waals surface area contributed by atoms with Crippen molar-refractivity contribution in [3.63, 3.8) is 0 Å². The topological polar surface area (TPSA) is 59.5 Å². The van der Waals surface area contributed by atoms with Crippen molar-refractivity contribution in [2.75, 3.05) is 24.5 Å². The highest BCUT2D eigenvalue weighted by molar-refractivity contribution is 5.44. The number of nitrogens with zero attached hydrogens (tertiary/aromatic N) is 4. The zero-order valence-electron chi connectivity index (χ0n) is 10.8. The lowest BCUT2D eigenvalue weighted by atomic mass is 9.95. The lowest BCUT2D eigenvalue weighted by molar-refractivity contribution is 0.392. The second-order valence-corrected chi connectivity index (χ2v) is 5.09.